The number of benzene rings is 1. The van der Waals surface area contributed by atoms with E-state index in [4.69, 9.17) is 0 Å². The maximum atomic E-state index is 13.1. The van der Waals surface area contributed by atoms with E-state index in [2.05, 4.69) is 17.0 Å². The second kappa shape index (κ2) is 6.95. The van der Waals surface area contributed by atoms with E-state index >= 15 is 0 Å². The van der Waals surface area contributed by atoms with Crippen LogP contribution in [0.4, 0.5) is 4.39 Å². The largest absolute Gasteiger partial charge is 0.344 e. The number of carbonyl (C=O) groups excluding carboxylic acids is 2. The van der Waals surface area contributed by atoms with Gasteiger partial charge >= 0.3 is 11.8 Å². The number of hydrogen-bond donors (Lipinski definition) is 2. The highest BCUT2D eigenvalue weighted by Crippen LogP contribution is 2.02. The molecule has 1 aromatic carbocycles. The van der Waals surface area contributed by atoms with Crippen molar-refractivity contribution in [2.45, 2.75) is 0 Å². The van der Waals surface area contributed by atoms with Crippen LogP contribution in [0.5, 0.6) is 0 Å². The molecular weight excluding hydrogens is 237 g/mol. The van der Waals surface area contributed by atoms with Gasteiger partial charge in [0.1, 0.15) is 5.82 Å². The van der Waals surface area contributed by atoms with Crippen LogP contribution in [0.1, 0.15) is 5.56 Å². The molecule has 0 unspecified atom stereocenters. The van der Waals surface area contributed by atoms with E-state index in [0.29, 0.717) is 0 Å². The lowest BCUT2D eigenvalue weighted by Gasteiger charge is -2.00. The summed E-state index contributed by atoms with van der Waals surface area (Å²) in [5, 5.41) is 5.76. The number of nitrogens with one attached hydrogen (secondary N) is 2. The van der Waals surface area contributed by atoms with Crippen LogP contribution in [0.15, 0.2) is 42.0 Å². The van der Waals surface area contributed by atoms with Gasteiger partial charge in [-0.25, -0.2) is 9.82 Å². The van der Waals surface area contributed by atoms with Crippen LogP contribution in [0.25, 0.3) is 0 Å². The fourth-order valence-corrected chi connectivity index (χ4v) is 1.04. The lowest BCUT2D eigenvalue weighted by atomic mass is 10.2. The average molecular weight is 249 g/mol. The summed E-state index contributed by atoms with van der Waals surface area (Å²) in [5.74, 6) is -2.23. The molecule has 94 valence electrons. The summed E-state index contributed by atoms with van der Waals surface area (Å²) in [6, 6.07) is 5.92. The van der Waals surface area contributed by atoms with Crippen LogP contribution in [-0.4, -0.2) is 24.6 Å². The van der Waals surface area contributed by atoms with Crippen LogP contribution in [0.2, 0.25) is 0 Å². The standard InChI is InChI=1S/C12H12FN3O2/c1-2-7-14-11(17)12(18)16-15-8-9-5-3-4-6-10(9)13/h2-6,8H,1,7H2,(H,14,17)(H,16,18)/b15-8+. The summed E-state index contributed by atoms with van der Waals surface area (Å²) >= 11 is 0. The van der Waals surface area contributed by atoms with E-state index in [-0.39, 0.29) is 12.1 Å². The van der Waals surface area contributed by atoms with Crippen LogP contribution in [0.3, 0.4) is 0 Å². The molecular formula is C12H12FN3O2. The first kappa shape index (κ1) is 13.6. The molecule has 0 bridgehead atoms. The molecule has 18 heavy (non-hydrogen) atoms. The molecule has 0 heterocycles. The molecule has 6 heteroatoms. The predicted octanol–water partition coefficient (Wildman–Crippen LogP) is 0.578. The Morgan fingerprint density at radius 1 is 1.33 bits per heavy atom. The first-order chi connectivity index (χ1) is 8.65. The van der Waals surface area contributed by atoms with Gasteiger partial charge in [-0.05, 0) is 6.07 Å². The van der Waals surface area contributed by atoms with Gasteiger partial charge in [-0.15, -0.1) is 6.58 Å². The van der Waals surface area contributed by atoms with Gasteiger partial charge in [-0.3, -0.25) is 9.59 Å². The van der Waals surface area contributed by atoms with E-state index in [9.17, 15) is 14.0 Å². The fraction of sp³-hybridized carbons (Fsp3) is 0.0833. The van der Waals surface area contributed by atoms with Gasteiger partial charge < -0.3 is 5.32 Å². The van der Waals surface area contributed by atoms with Crippen LogP contribution in [-0.2, 0) is 9.59 Å². The number of rotatable bonds is 4. The molecule has 0 fully saturated rings. The quantitative estimate of drug-likeness (QED) is 0.354. The third-order valence-electron chi connectivity index (χ3n) is 1.89. The number of nitrogens with zero attached hydrogens (tertiary/aromatic N) is 1. The monoisotopic (exact) mass is 249 g/mol. The molecule has 0 spiro atoms. The van der Waals surface area contributed by atoms with Gasteiger partial charge in [0.05, 0.1) is 6.21 Å². The van der Waals surface area contributed by atoms with Crippen molar-refractivity contribution in [1.29, 1.82) is 0 Å². The zero-order chi connectivity index (χ0) is 13.4. The summed E-state index contributed by atoms with van der Waals surface area (Å²) < 4.78 is 13.1. The van der Waals surface area contributed by atoms with Gasteiger partial charge in [0.25, 0.3) is 0 Å². The fourth-order valence-electron chi connectivity index (χ4n) is 1.04. The molecule has 0 aliphatic heterocycles. The maximum absolute atomic E-state index is 13.1. The Morgan fingerprint density at radius 2 is 2.06 bits per heavy atom. The lowest BCUT2D eigenvalue weighted by Crippen LogP contribution is -2.37. The van der Waals surface area contributed by atoms with E-state index in [1.165, 1.54) is 24.3 Å². The highest BCUT2D eigenvalue weighted by molar-refractivity contribution is 6.35. The second-order valence-corrected chi connectivity index (χ2v) is 3.22. The molecule has 0 aliphatic carbocycles. The normalized spacial score (nSPS) is 10.1. The summed E-state index contributed by atoms with van der Waals surface area (Å²) in [7, 11) is 0. The van der Waals surface area contributed by atoms with E-state index < -0.39 is 17.6 Å². The van der Waals surface area contributed by atoms with Crippen molar-refractivity contribution in [3.05, 3.63) is 48.3 Å². The molecule has 2 N–H and O–H groups in total. The molecule has 2 amide bonds. The van der Waals surface area contributed by atoms with Gasteiger partial charge in [0.2, 0.25) is 0 Å². The minimum absolute atomic E-state index is 0.184. The number of halogens is 1. The molecule has 5 nitrogen and oxygen atoms in total. The number of hydrazone groups is 1. The maximum Gasteiger partial charge on any atom is 0.329 e. The molecule has 0 aromatic heterocycles. The predicted molar refractivity (Wildman–Crippen MR) is 65.3 cm³/mol. The Bertz CT molecular complexity index is 486. The van der Waals surface area contributed by atoms with E-state index in [1.807, 2.05) is 5.43 Å². The van der Waals surface area contributed by atoms with Gasteiger partial charge in [-0.1, -0.05) is 24.3 Å². The summed E-state index contributed by atoms with van der Waals surface area (Å²) in [6.07, 6.45) is 2.56. The molecule has 0 atom stereocenters. The third-order valence-corrected chi connectivity index (χ3v) is 1.89. The van der Waals surface area contributed by atoms with Crippen molar-refractivity contribution in [1.82, 2.24) is 10.7 Å². The number of carbonyl (C=O) groups is 2. The Kier molecular flexibility index (Phi) is 5.24. The Morgan fingerprint density at radius 3 is 2.72 bits per heavy atom. The van der Waals surface area contributed by atoms with Crippen molar-refractivity contribution in [3.63, 3.8) is 0 Å². The Labute approximate surface area is 103 Å². The summed E-state index contributed by atoms with van der Waals surface area (Å²) in [5.41, 5.74) is 2.20. The van der Waals surface area contributed by atoms with Crippen molar-refractivity contribution in [3.8, 4) is 0 Å². The van der Waals surface area contributed by atoms with Crippen molar-refractivity contribution >= 4 is 18.0 Å². The summed E-state index contributed by atoms with van der Waals surface area (Å²) in [4.78, 5) is 22.3. The summed E-state index contributed by atoms with van der Waals surface area (Å²) in [6.45, 7) is 3.57. The van der Waals surface area contributed by atoms with E-state index in [1.54, 1.807) is 6.07 Å². The van der Waals surface area contributed by atoms with Gasteiger partial charge in [0, 0.05) is 12.1 Å². The minimum atomic E-state index is -0.926. The van der Waals surface area contributed by atoms with Crippen LogP contribution in [0, 0.1) is 5.82 Å². The average Bonchev–Trinajstić information content (AvgIpc) is 2.38. The smallest absolute Gasteiger partial charge is 0.329 e. The molecule has 0 aliphatic rings. The zero-order valence-electron chi connectivity index (χ0n) is 9.52. The number of amides is 2. The molecule has 1 rings (SSSR count). The van der Waals surface area contributed by atoms with Crippen molar-refractivity contribution in [2.75, 3.05) is 6.54 Å². The Hall–Kier alpha value is -2.50. The van der Waals surface area contributed by atoms with Crippen LogP contribution < -0.4 is 10.7 Å². The topological polar surface area (TPSA) is 70.6 Å². The molecule has 0 saturated carbocycles. The Balaban J connectivity index is 2.50. The third kappa shape index (κ3) is 4.17. The van der Waals surface area contributed by atoms with Crippen molar-refractivity contribution < 1.29 is 14.0 Å². The highest BCUT2D eigenvalue weighted by Gasteiger charge is 2.10. The minimum Gasteiger partial charge on any atom is -0.344 e. The van der Waals surface area contributed by atoms with Crippen LogP contribution >= 0.6 is 0 Å². The molecule has 0 saturated heterocycles. The second-order valence-electron chi connectivity index (χ2n) is 3.22. The first-order valence-electron chi connectivity index (χ1n) is 5.12. The number of hydrogen-bond acceptors (Lipinski definition) is 3. The SMILES string of the molecule is C=CCNC(=O)C(=O)N/N=C/c1ccccc1F. The van der Waals surface area contributed by atoms with Gasteiger partial charge in [-0.2, -0.15) is 5.10 Å². The lowest BCUT2D eigenvalue weighted by molar-refractivity contribution is -0.139. The van der Waals surface area contributed by atoms with Crippen molar-refractivity contribution in [2.24, 2.45) is 5.10 Å². The van der Waals surface area contributed by atoms with E-state index in [0.717, 1.165) is 6.21 Å². The molecule has 1 aromatic rings. The first-order valence-corrected chi connectivity index (χ1v) is 5.12. The zero-order valence-corrected chi connectivity index (χ0v) is 9.52. The molecule has 0 radical (unpaired) electrons. The highest BCUT2D eigenvalue weighted by atomic mass is 19.1. The van der Waals surface area contributed by atoms with Gasteiger partial charge in [0.15, 0.2) is 0 Å².